The van der Waals surface area contributed by atoms with Crippen LogP contribution in [0.1, 0.15) is 32.1 Å². The molecule has 0 aromatic heterocycles. The summed E-state index contributed by atoms with van der Waals surface area (Å²) in [6.45, 7) is 1.47. The van der Waals surface area contributed by atoms with Crippen molar-refractivity contribution in [2.24, 2.45) is 11.8 Å². The standard InChI is InChI=1S/C13H22N2O3/c1-15(9-5-6-9)8-7-14-12(16)10-3-2-4-11(10)13(17)18/h9-11H,2-8H2,1H3,(H,14,16)(H,17,18)/t10-,11+/m1/s1. The molecule has 0 aliphatic heterocycles. The molecule has 0 bridgehead atoms. The van der Waals surface area contributed by atoms with Gasteiger partial charge in [0.15, 0.2) is 0 Å². The van der Waals surface area contributed by atoms with Crippen LogP contribution in [0.15, 0.2) is 0 Å². The highest BCUT2D eigenvalue weighted by Crippen LogP contribution is 2.32. The van der Waals surface area contributed by atoms with Crippen molar-refractivity contribution >= 4 is 11.9 Å². The lowest BCUT2D eigenvalue weighted by atomic mass is 9.95. The first kappa shape index (κ1) is 13.3. The molecule has 0 spiro atoms. The van der Waals surface area contributed by atoms with Gasteiger partial charge >= 0.3 is 5.97 Å². The van der Waals surface area contributed by atoms with Gasteiger partial charge in [-0.1, -0.05) is 6.42 Å². The van der Waals surface area contributed by atoms with E-state index < -0.39 is 11.9 Å². The number of carbonyl (C=O) groups is 2. The van der Waals surface area contributed by atoms with Crippen LogP contribution < -0.4 is 5.32 Å². The number of rotatable bonds is 6. The summed E-state index contributed by atoms with van der Waals surface area (Å²) in [6, 6.07) is 0.695. The summed E-state index contributed by atoms with van der Waals surface area (Å²) in [5, 5.41) is 11.9. The molecule has 2 aliphatic carbocycles. The van der Waals surface area contributed by atoms with Crippen LogP contribution in [0.3, 0.4) is 0 Å². The fourth-order valence-electron chi connectivity index (χ4n) is 2.75. The number of carboxylic acid groups (broad SMARTS) is 1. The van der Waals surface area contributed by atoms with Crippen molar-refractivity contribution in [3.05, 3.63) is 0 Å². The molecule has 0 aromatic carbocycles. The number of likely N-dealkylation sites (N-methyl/N-ethyl adjacent to an activating group) is 1. The molecule has 2 rings (SSSR count). The van der Waals surface area contributed by atoms with Crippen LogP contribution in [0.25, 0.3) is 0 Å². The van der Waals surface area contributed by atoms with E-state index in [1.165, 1.54) is 12.8 Å². The maximum Gasteiger partial charge on any atom is 0.307 e. The van der Waals surface area contributed by atoms with E-state index in [1.54, 1.807) is 0 Å². The minimum atomic E-state index is -0.831. The summed E-state index contributed by atoms with van der Waals surface area (Å²) in [5.74, 6) is -1.72. The number of amides is 1. The van der Waals surface area contributed by atoms with Crippen molar-refractivity contribution < 1.29 is 14.7 Å². The fraction of sp³-hybridized carbons (Fsp3) is 0.846. The number of nitrogens with one attached hydrogen (secondary N) is 1. The maximum absolute atomic E-state index is 11.9. The van der Waals surface area contributed by atoms with Crippen molar-refractivity contribution in [1.29, 1.82) is 0 Å². The number of hydrogen-bond acceptors (Lipinski definition) is 3. The Hall–Kier alpha value is -1.10. The highest BCUT2D eigenvalue weighted by atomic mass is 16.4. The smallest absolute Gasteiger partial charge is 0.307 e. The van der Waals surface area contributed by atoms with Gasteiger partial charge in [-0.05, 0) is 32.7 Å². The summed E-state index contributed by atoms with van der Waals surface area (Å²) in [4.78, 5) is 25.2. The third-order valence-electron chi connectivity index (χ3n) is 4.10. The van der Waals surface area contributed by atoms with E-state index in [9.17, 15) is 9.59 Å². The van der Waals surface area contributed by atoms with Crippen molar-refractivity contribution in [3.63, 3.8) is 0 Å². The van der Waals surface area contributed by atoms with Crippen LogP contribution in [-0.2, 0) is 9.59 Å². The highest BCUT2D eigenvalue weighted by Gasteiger charge is 2.37. The molecule has 5 nitrogen and oxygen atoms in total. The Bertz CT molecular complexity index is 328. The number of carboxylic acids is 1. The molecule has 0 saturated heterocycles. The molecule has 0 heterocycles. The third kappa shape index (κ3) is 3.22. The van der Waals surface area contributed by atoms with Gasteiger partial charge in [0.05, 0.1) is 11.8 Å². The normalized spacial score (nSPS) is 27.4. The first-order valence-corrected chi connectivity index (χ1v) is 6.80. The first-order chi connectivity index (χ1) is 8.59. The quantitative estimate of drug-likeness (QED) is 0.732. The van der Waals surface area contributed by atoms with Crippen LogP contribution in [0.4, 0.5) is 0 Å². The number of nitrogens with zero attached hydrogens (tertiary/aromatic N) is 1. The van der Waals surface area contributed by atoms with Crippen molar-refractivity contribution in [3.8, 4) is 0 Å². The van der Waals surface area contributed by atoms with Gasteiger partial charge < -0.3 is 15.3 Å². The lowest BCUT2D eigenvalue weighted by molar-refractivity contribution is -0.146. The molecule has 0 unspecified atom stereocenters. The molecular weight excluding hydrogens is 232 g/mol. The summed E-state index contributed by atoms with van der Waals surface area (Å²) in [6.07, 6.45) is 4.70. The van der Waals surface area contributed by atoms with E-state index in [0.29, 0.717) is 25.4 Å². The van der Waals surface area contributed by atoms with Gasteiger partial charge in [0.25, 0.3) is 0 Å². The Kier molecular flexibility index (Phi) is 4.22. The van der Waals surface area contributed by atoms with Gasteiger partial charge in [0.1, 0.15) is 0 Å². The van der Waals surface area contributed by atoms with Crippen molar-refractivity contribution in [1.82, 2.24) is 10.2 Å². The van der Waals surface area contributed by atoms with Crippen LogP contribution in [-0.4, -0.2) is 48.1 Å². The zero-order chi connectivity index (χ0) is 13.1. The summed E-state index contributed by atoms with van der Waals surface area (Å²) < 4.78 is 0. The Labute approximate surface area is 108 Å². The molecule has 0 radical (unpaired) electrons. The minimum absolute atomic E-state index is 0.0795. The number of aliphatic carboxylic acids is 1. The fourth-order valence-corrected chi connectivity index (χ4v) is 2.75. The molecule has 18 heavy (non-hydrogen) atoms. The van der Waals surface area contributed by atoms with E-state index >= 15 is 0 Å². The SMILES string of the molecule is CN(CCNC(=O)[C@@H]1CCC[C@@H]1C(=O)O)C1CC1. The van der Waals surface area contributed by atoms with E-state index in [2.05, 4.69) is 17.3 Å². The number of hydrogen-bond donors (Lipinski definition) is 2. The summed E-state index contributed by atoms with van der Waals surface area (Å²) in [5.41, 5.74) is 0. The molecule has 2 fully saturated rings. The average molecular weight is 254 g/mol. The predicted octanol–water partition coefficient (Wildman–Crippen LogP) is 0.698. The average Bonchev–Trinajstić information content (AvgIpc) is 3.05. The van der Waals surface area contributed by atoms with Crippen LogP contribution in [0.2, 0.25) is 0 Å². The molecule has 5 heteroatoms. The molecule has 1 amide bonds. The Morgan fingerprint density at radius 3 is 2.50 bits per heavy atom. The maximum atomic E-state index is 11.9. The van der Waals surface area contributed by atoms with Crippen LogP contribution in [0.5, 0.6) is 0 Å². The topological polar surface area (TPSA) is 69.6 Å². The van der Waals surface area contributed by atoms with E-state index in [4.69, 9.17) is 5.11 Å². The Morgan fingerprint density at radius 2 is 1.89 bits per heavy atom. The van der Waals surface area contributed by atoms with E-state index in [0.717, 1.165) is 13.0 Å². The van der Waals surface area contributed by atoms with Crippen LogP contribution in [0, 0.1) is 11.8 Å². The molecular formula is C13H22N2O3. The molecule has 2 N–H and O–H groups in total. The third-order valence-corrected chi connectivity index (χ3v) is 4.10. The first-order valence-electron chi connectivity index (χ1n) is 6.80. The van der Waals surface area contributed by atoms with Gasteiger partial charge in [-0.3, -0.25) is 9.59 Å². The second-order valence-electron chi connectivity index (χ2n) is 5.48. The molecule has 2 saturated carbocycles. The largest absolute Gasteiger partial charge is 0.481 e. The summed E-state index contributed by atoms with van der Waals surface area (Å²) in [7, 11) is 2.07. The lowest BCUT2D eigenvalue weighted by Crippen LogP contribution is -2.39. The van der Waals surface area contributed by atoms with E-state index in [-0.39, 0.29) is 11.8 Å². The van der Waals surface area contributed by atoms with Crippen molar-refractivity contribution in [2.75, 3.05) is 20.1 Å². The minimum Gasteiger partial charge on any atom is -0.481 e. The second-order valence-corrected chi connectivity index (χ2v) is 5.48. The van der Waals surface area contributed by atoms with Gasteiger partial charge in [-0.15, -0.1) is 0 Å². The lowest BCUT2D eigenvalue weighted by Gasteiger charge is -2.18. The van der Waals surface area contributed by atoms with Crippen molar-refractivity contribution in [2.45, 2.75) is 38.1 Å². The second kappa shape index (κ2) is 5.69. The molecule has 102 valence electrons. The Balaban J connectivity index is 1.71. The predicted molar refractivity (Wildman–Crippen MR) is 67.1 cm³/mol. The van der Waals surface area contributed by atoms with E-state index in [1.807, 2.05) is 0 Å². The van der Waals surface area contributed by atoms with Gasteiger partial charge in [-0.2, -0.15) is 0 Å². The zero-order valence-corrected chi connectivity index (χ0v) is 10.9. The van der Waals surface area contributed by atoms with Gasteiger partial charge in [-0.25, -0.2) is 0 Å². The Morgan fingerprint density at radius 1 is 1.22 bits per heavy atom. The summed E-state index contributed by atoms with van der Waals surface area (Å²) >= 11 is 0. The van der Waals surface area contributed by atoms with Gasteiger partial charge in [0.2, 0.25) is 5.91 Å². The number of carbonyl (C=O) groups excluding carboxylic acids is 1. The monoisotopic (exact) mass is 254 g/mol. The van der Waals surface area contributed by atoms with Crippen LogP contribution >= 0.6 is 0 Å². The molecule has 2 atom stereocenters. The zero-order valence-electron chi connectivity index (χ0n) is 10.9. The van der Waals surface area contributed by atoms with Gasteiger partial charge in [0, 0.05) is 19.1 Å². The molecule has 0 aromatic rings. The highest BCUT2D eigenvalue weighted by molar-refractivity contribution is 5.85. The molecule has 2 aliphatic rings.